The summed E-state index contributed by atoms with van der Waals surface area (Å²) in [5, 5.41) is 1.19. The summed E-state index contributed by atoms with van der Waals surface area (Å²) in [6.07, 6.45) is -8.37. The van der Waals surface area contributed by atoms with Crippen LogP contribution in [0.2, 0.25) is 10.0 Å². The van der Waals surface area contributed by atoms with Gasteiger partial charge in [0, 0.05) is 36.2 Å². The molecule has 34 heavy (non-hydrogen) atoms. The molecule has 0 aliphatic carbocycles. The van der Waals surface area contributed by atoms with Crippen LogP contribution >= 0.6 is 23.2 Å². The molecule has 1 aliphatic heterocycles. The topological polar surface area (TPSA) is 49.9 Å². The zero-order chi connectivity index (χ0) is 24.6. The van der Waals surface area contributed by atoms with Gasteiger partial charge in [0.1, 0.15) is 6.10 Å². The number of carbonyl (C=O) groups is 1. The van der Waals surface area contributed by atoms with Gasteiger partial charge in [-0.2, -0.15) is 20.1 Å². The number of nitrogens with zero attached hydrogens (tertiary/aromatic N) is 2. The van der Waals surface area contributed by atoms with Gasteiger partial charge in [0.05, 0.1) is 6.04 Å². The van der Waals surface area contributed by atoms with Crippen molar-refractivity contribution in [3.63, 3.8) is 0 Å². The van der Waals surface area contributed by atoms with E-state index in [0.717, 1.165) is 16.0 Å². The van der Waals surface area contributed by atoms with E-state index >= 15 is 0 Å². The molecule has 11 heteroatoms. The van der Waals surface area contributed by atoms with Gasteiger partial charge in [0.2, 0.25) is 0 Å². The molecule has 1 fully saturated rings. The van der Waals surface area contributed by atoms with E-state index in [1.807, 2.05) is 24.3 Å². The molecule has 0 aromatic heterocycles. The van der Waals surface area contributed by atoms with Gasteiger partial charge in [-0.15, -0.1) is 0 Å². The van der Waals surface area contributed by atoms with Gasteiger partial charge in [0.15, 0.2) is 0 Å². The molecule has 1 radical (unpaired) electrons. The van der Waals surface area contributed by atoms with Crippen LogP contribution in [-0.4, -0.2) is 60.6 Å². The van der Waals surface area contributed by atoms with E-state index < -0.39 is 18.4 Å². The summed E-state index contributed by atoms with van der Waals surface area (Å²) in [6.45, 7) is 6.04. The molecule has 2 aromatic carbocycles. The summed E-state index contributed by atoms with van der Waals surface area (Å²) in [4.78, 5) is 25.8. The Morgan fingerprint density at radius 3 is 1.71 bits per heavy atom. The average Bonchev–Trinajstić information content (AvgIpc) is 2.81. The summed E-state index contributed by atoms with van der Waals surface area (Å²) in [5.41, 5.74) is 1.94. The molecule has 0 spiro atoms. The van der Waals surface area contributed by atoms with Crippen LogP contribution < -0.4 is 0 Å². The Labute approximate surface area is 219 Å². The van der Waals surface area contributed by atoms with Crippen molar-refractivity contribution in [3.05, 3.63) is 76.6 Å². The fourth-order valence-corrected chi connectivity index (χ4v) is 3.65. The number of amides is 1. The van der Waals surface area contributed by atoms with Crippen molar-refractivity contribution in [1.29, 1.82) is 0 Å². The van der Waals surface area contributed by atoms with Gasteiger partial charge >= 0.3 is 30.8 Å². The first-order chi connectivity index (χ1) is 15.7. The molecule has 3 rings (SSSR count). The number of benzene rings is 2. The number of ether oxygens (including phenoxy) is 1. The summed E-state index contributed by atoms with van der Waals surface area (Å²) in [6, 6.07) is 14.5. The maximum atomic E-state index is 12.7. The van der Waals surface area contributed by atoms with Gasteiger partial charge in [-0.1, -0.05) is 47.5 Å². The quantitative estimate of drug-likeness (QED) is 0.445. The van der Waals surface area contributed by atoms with Crippen LogP contribution in [0, 0.1) is 6.92 Å². The maximum Gasteiger partial charge on any atom is 2.00 e. The number of hydrogen-bond donors (Lipinski definition) is 0. The Hall–Kier alpha value is -1.71. The Bertz CT molecular complexity index is 862. The average molecular weight is 554 g/mol. The van der Waals surface area contributed by atoms with Crippen molar-refractivity contribution in [2.75, 3.05) is 26.2 Å². The van der Waals surface area contributed by atoms with E-state index in [0.29, 0.717) is 29.4 Å². The predicted octanol–water partition coefficient (Wildman–Crippen LogP) is 5.72. The number of piperazine rings is 1. The number of halogens is 5. The summed E-state index contributed by atoms with van der Waals surface area (Å²) < 4.78 is 42.3. The minimum Gasteiger partial charge on any atom is -0.538 e. The molecule has 2 aromatic rings. The summed E-state index contributed by atoms with van der Waals surface area (Å²) in [7, 11) is 0. The van der Waals surface area contributed by atoms with Gasteiger partial charge in [-0.25, -0.2) is 11.1 Å². The van der Waals surface area contributed by atoms with Gasteiger partial charge < -0.3 is 21.4 Å². The minimum absolute atomic E-state index is 0. The molecule has 1 atom stereocenters. The van der Waals surface area contributed by atoms with E-state index in [1.165, 1.54) is 0 Å². The van der Waals surface area contributed by atoms with Crippen LogP contribution in [0.1, 0.15) is 24.1 Å². The maximum absolute atomic E-state index is 12.7. The first-order valence-electron chi connectivity index (χ1n) is 10.0. The van der Waals surface area contributed by atoms with Crippen molar-refractivity contribution in [3.8, 4) is 0 Å². The Morgan fingerprint density at radius 2 is 1.35 bits per heavy atom. The molecule has 5 nitrogen and oxygen atoms in total. The predicted molar refractivity (Wildman–Crippen MR) is 121 cm³/mol. The SMILES string of the molecule is O=[C-]C(OC(=O)N1CCN(C(c2ccc(Cl)cc2)c2ccc(Cl)cc2)CC1)C(F)(F)F.[CH2-]C.[V+2]. The van der Waals surface area contributed by atoms with Crippen LogP contribution in [-0.2, 0) is 28.1 Å². The van der Waals surface area contributed by atoms with E-state index in [4.69, 9.17) is 23.2 Å². The number of carbonyl (C=O) groups excluding carboxylic acids is 2. The van der Waals surface area contributed by atoms with Gasteiger partial charge in [-0.05, 0) is 35.4 Å². The van der Waals surface area contributed by atoms with Gasteiger partial charge in [-0.3, -0.25) is 4.90 Å². The Morgan fingerprint density at radius 1 is 0.941 bits per heavy atom. The first kappa shape index (κ1) is 30.3. The van der Waals surface area contributed by atoms with Crippen molar-refractivity contribution in [2.24, 2.45) is 0 Å². The van der Waals surface area contributed by atoms with Crippen LogP contribution in [0.3, 0.4) is 0 Å². The van der Waals surface area contributed by atoms with Crippen molar-refractivity contribution in [1.82, 2.24) is 9.80 Å². The molecule has 0 saturated carbocycles. The molecule has 1 aliphatic rings. The molecule has 1 saturated heterocycles. The second-order valence-electron chi connectivity index (χ2n) is 6.95. The van der Waals surface area contributed by atoms with E-state index in [-0.39, 0.29) is 37.7 Å². The van der Waals surface area contributed by atoms with Crippen molar-refractivity contribution < 1.29 is 46.1 Å². The molecular formula is C23H23Cl2F3N2O3V. The molecule has 0 N–H and O–H groups in total. The largest absolute Gasteiger partial charge is 2.00 e. The minimum atomic E-state index is -4.99. The Balaban J connectivity index is 0.00000188. The third-order valence-corrected chi connectivity index (χ3v) is 5.44. The molecule has 1 heterocycles. The number of hydrogen-bond acceptors (Lipinski definition) is 4. The van der Waals surface area contributed by atoms with Crippen LogP contribution in [0.15, 0.2) is 48.5 Å². The third-order valence-electron chi connectivity index (χ3n) is 4.93. The van der Waals surface area contributed by atoms with Crippen LogP contribution in [0.5, 0.6) is 0 Å². The normalized spacial score (nSPS) is 15.0. The number of alkyl halides is 3. The fraction of sp³-hybridized carbons (Fsp3) is 0.348. The molecule has 183 valence electrons. The molecular weight excluding hydrogens is 531 g/mol. The van der Waals surface area contributed by atoms with Crippen molar-refractivity contribution >= 4 is 35.6 Å². The smallest absolute Gasteiger partial charge is 0.538 e. The van der Waals surface area contributed by atoms with E-state index in [9.17, 15) is 22.8 Å². The first-order valence-corrected chi connectivity index (χ1v) is 10.8. The monoisotopic (exact) mass is 553 g/mol. The molecule has 1 unspecified atom stereocenters. The van der Waals surface area contributed by atoms with Crippen LogP contribution in [0.25, 0.3) is 0 Å². The van der Waals surface area contributed by atoms with E-state index in [2.05, 4.69) is 16.6 Å². The second-order valence-corrected chi connectivity index (χ2v) is 7.82. The van der Waals surface area contributed by atoms with Crippen LogP contribution in [0.4, 0.5) is 18.0 Å². The number of rotatable bonds is 5. The Kier molecular flexibility index (Phi) is 12.5. The summed E-state index contributed by atoms with van der Waals surface area (Å²) >= 11 is 12.0. The van der Waals surface area contributed by atoms with E-state index in [1.54, 1.807) is 31.2 Å². The second kappa shape index (κ2) is 14.0. The van der Waals surface area contributed by atoms with Crippen molar-refractivity contribution in [2.45, 2.75) is 25.2 Å². The third kappa shape index (κ3) is 8.20. The summed E-state index contributed by atoms with van der Waals surface area (Å²) in [5.74, 6) is 0. The molecule has 0 bridgehead atoms. The zero-order valence-corrected chi connectivity index (χ0v) is 21.2. The molecule has 1 amide bonds. The van der Waals surface area contributed by atoms with Gasteiger partial charge in [0.25, 0.3) is 0 Å². The zero-order valence-electron chi connectivity index (χ0n) is 18.3. The fourth-order valence-electron chi connectivity index (χ4n) is 3.40. The standard InChI is InChI=1S/C21H18Cl2F3N2O3.C2H5.V/c22-16-5-1-14(2-6-16)19(15-3-7-17(23)8-4-15)27-9-11-28(12-10-27)20(30)31-18(13-29)21(24,25)26;1-2;/h1-8,18-19H,9-12H2;1H2,2H3;/q2*-1;+2.